The molecule has 4 heteroatoms. The van der Waals surface area contributed by atoms with Crippen LogP contribution >= 0.6 is 0 Å². The molecule has 0 aliphatic heterocycles. The summed E-state index contributed by atoms with van der Waals surface area (Å²) in [5, 5.41) is 2.80. The molecule has 0 unspecified atom stereocenters. The average Bonchev–Trinajstić information content (AvgIpc) is 2.49. The van der Waals surface area contributed by atoms with Gasteiger partial charge in [0.1, 0.15) is 0 Å². The van der Waals surface area contributed by atoms with Crippen molar-refractivity contribution in [2.24, 2.45) is 0 Å². The lowest BCUT2D eigenvalue weighted by Gasteiger charge is -2.08. The third-order valence-electron chi connectivity index (χ3n) is 3.21. The molecule has 1 aromatic carbocycles. The Labute approximate surface area is 118 Å². The summed E-state index contributed by atoms with van der Waals surface area (Å²) < 4.78 is 1.55. The molecule has 0 spiro atoms. The SMILES string of the molecule is CCc1ccc(C(=O)Nc2ccc(=O)n(CC)c2)cc1. The Hall–Kier alpha value is -2.36. The van der Waals surface area contributed by atoms with E-state index in [1.807, 2.05) is 31.2 Å². The molecule has 0 bridgehead atoms. The summed E-state index contributed by atoms with van der Waals surface area (Å²) in [6.45, 7) is 4.53. The number of hydrogen-bond donors (Lipinski definition) is 1. The van der Waals surface area contributed by atoms with Crippen LogP contribution in [0.5, 0.6) is 0 Å². The maximum atomic E-state index is 12.1. The van der Waals surface area contributed by atoms with Crippen molar-refractivity contribution in [1.29, 1.82) is 0 Å². The fourth-order valence-electron chi connectivity index (χ4n) is 1.95. The van der Waals surface area contributed by atoms with E-state index < -0.39 is 0 Å². The minimum Gasteiger partial charge on any atom is -0.321 e. The van der Waals surface area contributed by atoms with Crippen LogP contribution in [0, 0.1) is 0 Å². The van der Waals surface area contributed by atoms with E-state index in [-0.39, 0.29) is 11.5 Å². The quantitative estimate of drug-likeness (QED) is 0.928. The third-order valence-corrected chi connectivity index (χ3v) is 3.21. The summed E-state index contributed by atoms with van der Waals surface area (Å²) in [4.78, 5) is 23.6. The van der Waals surface area contributed by atoms with E-state index in [1.165, 1.54) is 11.6 Å². The Morgan fingerprint density at radius 1 is 1.10 bits per heavy atom. The normalized spacial score (nSPS) is 10.3. The first-order valence-electron chi connectivity index (χ1n) is 6.74. The first kappa shape index (κ1) is 14.1. The van der Waals surface area contributed by atoms with E-state index >= 15 is 0 Å². The first-order chi connectivity index (χ1) is 9.63. The molecule has 0 aliphatic rings. The summed E-state index contributed by atoms with van der Waals surface area (Å²) in [5.41, 5.74) is 2.35. The fourth-order valence-corrected chi connectivity index (χ4v) is 1.95. The largest absolute Gasteiger partial charge is 0.321 e. The van der Waals surface area contributed by atoms with Crippen molar-refractivity contribution < 1.29 is 4.79 Å². The van der Waals surface area contributed by atoms with Gasteiger partial charge in [0, 0.05) is 24.4 Å². The van der Waals surface area contributed by atoms with Crippen LogP contribution < -0.4 is 10.9 Å². The van der Waals surface area contributed by atoms with Crippen LogP contribution in [-0.2, 0) is 13.0 Å². The van der Waals surface area contributed by atoms with Gasteiger partial charge in [0.25, 0.3) is 11.5 Å². The van der Waals surface area contributed by atoms with Crippen LogP contribution in [0.1, 0.15) is 29.8 Å². The molecule has 0 saturated heterocycles. The molecular formula is C16H18N2O2. The number of carbonyl (C=O) groups excluding carboxylic acids is 1. The highest BCUT2D eigenvalue weighted by Gasteiger charge is 2.06. The van der Waals surface area contributed by atoms with Crippen molar-refractivity contribution in [2.75, 3.05) is 5.32 Å². The van der Waals surface area contributed by atoms with E-state index in [4.69, 9.17) is 0 Å². The molecule has 20 heavy (non-hydrogen) atoms. The van der Waals surface area contributed by atoms with Crippen molar-refractivity contribution in [2.45, 2.75) is 26.8 Å². The number of aryl methyl sites for hydroxylation is 2. The molecule has 2 rings (SSSR count). The predicted octanol–water partition coefficient (Wildman–Crippen LogP) is 2.68. The second-order valence-electron chi connectivity index (χ2n) is 4.55. The van der Waals surface area contributed by atoms with E-state index in [2.05, 4.69) is 12.2 Å². The summed E-state index contributed by atoms with van der Waals surface area (Å²) in [7, 11) is 0. The van der Waals surface area contributed by atoms with Crippen molar-refractivity contribution in [3.63, 3.8) is 0 Å². The lowest BCUT2D eigenvalue weighted by molar-refractivity contribution is 0.102. The fraction of sp³-hybridized carbons (Fsp3) is 0.250. The van der Waals surface area contributed by atoms with Gasteiger partial charge in [-0.15, -0.1) is 0 Å². The lowest BCUT2D eigenvalue weighted by atomic mass is 10.1. The van der Waals surface area contributed by atoms with E-state index in [1.54, 1.807) is 16.8 Å². The molecule has 0 fully saturated rings. The first-order valence-corrected chi connectivity index (χ1v) is 6.74. The lowest BCUT2D eigenvalue weighted by Crippen LogP contribution is -2.19. The third kappa shape index (κ3) is 3.15. The summed E-state index contributed by atoms with van der Waals surface area (Å²) in [6.07, 6.45) is 2.60. The van der Waals surface area contributed by atoms with Crippen LogP contribution in [0.3, 0.4) is 0 Å². The second kappa shape index (κ2) is 6.19. The number of rotatable bonds is 4. The Morgan fingerprint density at radius 2 is 1.80 bits per heavy atom. The zero-order chi connectivity index (χ0) is 14.5. The van der Waals surface area contributed by atoms with Gasteiger partial charge in [-0.25, -0.2) is 0 Å². The number of amides is 1. The highest BCUT2D eigenvalue weighted by molar-refractivity contribution is 6.04. The van der Waals surface area contributed by atoms with Gasteiger partial charge in [0.15, 0.2) is 0 Å². The van der Waals surface area contributed by atoms with E-state index in [0.717, 1.165) is 6.42 Å². The van der Waals surface area contributed by atoms with E-state index in [0.29, 0.717) is 17.8 Å². The number of hydrogen-bond acceptors (Lipinski definition) is 2. The maximum Gasteiger partial charge on any atom is 0.255 e. The van der Waals surface area contributed by atoms with Crippen molar-refractivity contribution in [3.8, 4) is 0 Å². The number of anilines is 1. The number of nitrogens with zero attached hydrogens (tertiary/aromatic N) is 1. The molecule has 0 saturated carbocycles. The van der Waals surface area contributed by atoms with Gasteiger partial charge in [0.2, 0.25) is 0 Å². The van der Waals surface area contributed by atoms with Crippen LogP contribution in [0.4, 0.5) is 5.69 Å². The number of aromatic nitrogens is 1. The smallest absolute Gasteiger partial charge is 0.255 e. The highest BCUT2D eigenvalue weighted by Crippen LogP contribution is 2.09. The zero-order valence-electron chi connectivity index (χ0n) is 11.7. The highest BCUT2D eigenvalue weighted by atomic mass is 16.1. The number of benzene rings is 1. The van der Waals surface area contributed by atoms with Gasteiger partial charge in [-0.3, -0.25) is 9.59 Å². The monoisotopic (exact) mass is 270 g/mol. The molecule has 0 atom stereocenters. The van der Waals surface area contributed by atoms with Gasteiger partial charge in [-0.2, -0.15) is 0 Å². The number of pyridine rings is 1. The van der Waals surface area contributed by atoms with Crippen molar-refractivity contribution in [1.82, 2.24) is 4.57 Å². The molecule has 1 heterocycles. The van der Waals surface area contributed by atoms with Crippen molar-refractivity contribution in [3.05, 3.63) is 64.1 Å². The average molecular weight is 270 g/mol. The molecule has 1 amide bonds. The van der Waals surface area contributed by atoms with Gasteiger partial charge in [-0.1, -0.05) is 19.1 Å². The molecule has 4 nitrogen and oxygen atoms in total. The minimum absolute atomic E-state index is 0.0715. The molecule has 2 aromatic rings. The Morgan fingerprint density at radius 3 is 2.40 bits per heavy atom. The van der Waals surface area contributed by atoms with Gasteiger partial charge in [0.05, 0.1) is 5.69 Å². The van der Waals surface area contributed by atoms with Crippen LogP contribution in [-0.4, -0.2) is 10.5 Å². The molecule has 104 valence electrons. The predicted molar refractivity (Wildman–Crippen MR) is 80.1 cm³/mol. The minimum atomic E-state index is -0.172. The Balaban J connectivity index is 2.16. The van der Waals surface area contributed by atoms with Crippen LogP contribution in [0.25, 0.3) is 0 Å². The summed E-state index contributed by atoms with van der Waals surface area (Å²) >= 11 is 0. The summed E-state index contributed by atoms with van der Waals surface area (Å²) in [6, 6.07) is 10.6. The maximum absolute atomic E-state index is 12.1. The molecule has 0 radical (unpaired) electrons. The van der Waals surface area contributed by atoms with Gasteiger partial charge >= 0.3 is 0 Å². The second-order valence-corrected chi connectivity index (χ2v) is 4.55. The summed E-state index contributed by atoms with van der Waals surface area (Å²) in [5.74, 6) is -0.172. The van der Waals surface area contributed by atoms with Crippen LogP contribution in [0.15, 0.2) is 47.4 Å². The van der Waals surface area contributed by atoms with Crippen molar-refractivity contribution >= 4 is 11.6 Å². The molecule has 0 aliphatic carbocycles. The standard InChI is InChI=1S/C16H18N2O2/c1-3-12-5-7-13(8-6-12)16(20)17-14-9-10-15(19)18(4-2)11-14/h5-11H,3-4H2,1-2H3,(H,17,20). The zero-order valence-corrected chi connectivity index (χ0v) is 11.7. The van der Waals surface area contributed by atoms with Gasteiger partial charge in [-0.05, 0) is 37.1 Å². The number of carbonyl (C=O) groups is 1. The number of nitrogens with one attached hydrogen (secondary N) is 1. The molecular weight excluding hydrogens is 252 g/mol. The topological polar surface area (TPSA) is 51.1 Å². The Kier molecular flexibility index (Phi) is 4.35. The molecule has 1 aromatic heterocycles. The van der Waals surface area contributed by atoms with Crippen LogP contribution in [0.2, 0.25) is 0 Å². The van der Waals surface area contributed by atoms with E-state index in [9.17, 15) is 9.59 Å². The molecule has 1 N–H and O–H groups in total. The Bertz CT molecular complexity index is 657. The van der Waals surface area contributed by atoms with Gasteiger partial charge < -0.3 is 9.88 Å².